The summed E-state index contributed by atoms with van der Waals surface area (Å²) in [5.74, 6) is -3.66. The Morgan fingerprint density at radius 3 is 2.17 bits per heavy atom. The molecule has 3 aromatic heterocycles. The van der Waals surface area contributed by atoms with E-state index < -0.39 is 132 Å². The smallest absolute Gasteiger partial charge is 0.421 e. The van der Waals surface area contributed by atoms with Crippen molar-refractivity contribution in [3.63, 3.8) is 0 Å². The lowest BCUT2D eigenvalue weighted by Gasteiger charge is -2.42. The second-order valence-electron chi connectivity index (χ2n) is 33.6. The number of para-hydroxylation sites is 2. The van der Waals surface area contributed by atoms with Gasteiger partial charge in [0.25, 0.3) is 11.8 Å². The van der Waals surface area contributed by atoms with Crippen LogP contribution in [-0.4, -0.2) is 328 Å². The third-order valence-electron chi connectivity index (χ3n) is 23.1. The van der Waals surface area contributed by atoms with Gasteiger partial charge in [-0.3, -0.25) is 38.6 Å². The third kappa shape index (κ3) is 31.4. The molecular formula is C94H118ClFN15O27S2+. The molecule has 13 N–H and O–H groups in total. The Hall–Kier alpha value is -12.2. The summed E-state index contributed by atoms with van der Waals surface area (Å²) in [7, 11) is 0.866. The molecule has 140 heavy (non-hydrogen) atoms. The van der Waals surface area contributed by atoms with Crippen molar-refractivity contribution >= 4 is 103 Å². The normalized spacial score (nSPS) is 17.1. The highest BCUT2D eigenvalue weighted by molar-refractivity contribution is 7.88. The highest BCUT2D eigenvalue weighted by Gasteiger charge is 2.44. The van der Waals surface area contributed by atoms with Gasteiger partial charge in [-0.1, -0.05) is 80.0 Å². The van der Waals surface area contributed by atoms with Gasteiger partial charge < -0.3 is 114 Å². The van der Waals surface area contributed by atoms with Gasteiger partial charge in [0.15, 0.2) is 12.1 Å². The summed E-state index contributed by atoms with van der Waals surface area (Å²) in [6.07, 6.45) is -5.11. The maximum absolute atomic E-state index is 14.7. The number of nitrogens with two attached hydrogens (primary N) is 1. The lowest BCUT2D eigenvalue weighted by Crippen LogP contribution is -2.59. The minimum atomic E-state index is -4.40. The number of carbonyl (C=O) groups excluding carboxylic acids is 8. The molecule has 9 amide bonds. The van der Waals surface area contributed by atoms with Crippen molar-refractivity contribution < 1.29 is 138 Å². The van der Waals surface area contributed by atoms with Crippen molar-refractivity contribution in [1.29, 1.82) is 0 Å². The number of ether oxygens (including phenoxy) is 11. The molecule has 2 fully saturated rings. The van der Waals surface area contributed by atoms with Gasteiger partial charge in [0.05, 0.1) is 128 Å². The van der Waals surface area contributed by atoms with E-state index >= 15 is 0 Å². The van der Waals surface area contributed by atoms with E-state index in [0.29, 0.717) is 137 Å². The van der Waals surface area contributed by atoms with Gasteiger partial charge in [-0.15, -0.1) is 11.3 Å². The number of benzene rings is 5. The van der Waals surface area contributed by atoms with Crippen LogP contribution in [0.25, 0.3) is 43.2 Å². The summed E-state index contributed by atoms with van der Waals surface area (Å²) in [5, 5.41) is 61.9. The average Bonchev–Trinajstić information content (AvgIpc) is 1.59. The van der Waals surface area contributed by atoms with Crippen molar-refractivity contribution in [2.75, 3.05) is 158 Å². The van der Waals surface area contributed by atoms with Crippen molar-refractivity contribution in [3.05, 3.63) is 173 Å². The molecule has 46 heteroatoms. The zero-order valence-corrected chi connectivity index (χ0v) is 80.5. The standard InChI is InChI=1S/C94H117ClFN15O27S2/c1-57(2)81(106-74(113)28-39-129-42-36-110-76(115)25-26-77(110)116)88(121)105-68(14-11-30-99-93(97)124)87(120)104-64-22-19-61(62(50-64)52-108(4)75(114)29-40-130-47-49-135-94(125)107-140(126,127)102-32-41-131-44-45-132-46-48-134-92-84(119)83(118)82(117)73(54-112)138-92)53-111(5)37-33-109(34-38-111)35-43-133-71-24-23-66(58(3)80(71)95)78-79-89(100-56-101-90(79)139-85(78)59-17-20-63(96)21-18-59)137-72(91(122)123)51-60-12-7-9-15-69(60)136-55-65-27-31-98-86(103-65)67-13-8-10-16-70(67)128-6/h7-10,12-13,15-27,31,50,56-57,68,72-73,81-84,92,102,112,117-119H,11,14,28-30,32-49,51-55H2,1-6H3,(H7-,97,99,104,105,106,107,113,120,121,122,123,124,125)/p+1/t68-,72+,73+,81-,82+,83-,84+,92+/m0/s1. The summed E-state index contributed by atoms with van der Waals surface area (Å²) in [5.41, 5.74) is 11.3. The number of nitrogens with one attached hydrogen (secondary N) is 6. The number of piperazine rings is 1. The molecule has 5 aromatic carbocycles. The Labute approximate surface area is 816 Å². The molecule has 0 unspecified atom stereocenters. The first-order valence-corrected chi connectivity index (χ1v) is 47.9. The number of methoxy groups -OCH3 is 1. The van der Waals surface area contributed by atoms with E-state index in [2.05, 4.69) is 52.9 Å². The van der Waals surface area contributed by atoms with Crippen molar-refractivity contribution in [3.8, 4) is 56.1 Å². The molecule has 756 valence electrons. The number of hydrogen-bond acceptors (Lipinski definition) is 32. The first-order valence-electron chi connectivity index (χ1n) is 45.3. The number of likely N-dealkylation sites (N-methyl/N-ethyl adjacent to an activating group) is 1. The topological polar surface area (TPSA) is 550 Å². The van der Waals surface area contributed by atoms with Crippen molar-refractivity contribution in [2.24, 2.45) is 11.7 Å². The van der Waals surface area contributed by atoms with E-state index in [9.17, 15) is 81.5 Å². The fourth-order valence-corrected chi connectivity index (χ4v) is 17.5. The van der Waals surface area contributed by atoms with Crippen LogP contribution in [0.4, 0.5) is 19.7 Å². The second kappa shape index (κ2) is 52.9. The SMILES string of the molecule is COc1ccccc1-c1nccc(COc2ccccc2C[C@@H](Oc2ncnc3sc(-c4ccc(F)cc4)c(-c4ccc(OCCN5CC[N+](C)(Cc6ccc(NC(=O)[C@H](CCCNC(N)=O)NC(=O)[C@@H](NC(=O)CCOCCN7C(=O)C=CC7=O)C(C)C)cc6CN(C)C(=O)CCOCCOC(=O)NS(=O)(=O)NCCOCCOCCO[C@@H]6O[C@H](CO)[C@@H](O)[C@H](O)[C@H]6O)CC5)c(Cl)c4C)c23)C(=O)O)n1. The second-order valence-corrected chi connectivity index (χ2v) is 36.5. The zero-order chi connectivity index (χ0) is 101. The predicted octanol–water partition coefficient (Wildman–Crippen LogP) is 4.71. The number of rotatable bonds is 55. The van der Waals surface area contributed by atoms with E-state index in [0.717, 1.165) is 22.6 Å². The maximum Gasteiger partial charge on any atom is 0.421 e. The number of carboxylic acids is 1. The third-order valence-corrected chi connectivity index (χ3v) is 25.7. The van der Waals surface area contributed by atoms with E-state index in [1.54, 1.807) is 99.6 Å². The molecule has 8 aromatic rings. The number of aliphatic hydroxyl groups is 4. The monoisotopic (exact) mass is 2010 g/mol. The van der Waals surface area contributed by atoms with E-state index in [1.807, 2.05) is 43.3 Å². The predicted molar refractivity (Wildman–Crippen MR) is 507 cm³/mol. The minimum absolute atomic E-state index is 0.00193. The number of amides is 9. The number of aliphatic carboxylic acids is 1. The lowest BCUT2D eigenvalue weighted by molar-refractivity contribution is -0.926. The Morgan fingerprint density at radius 2 is 1.44 bits per heavy atom. The molecule has 11 rings (SSSR count). The van der Waals surface area contributed by atoms with E-state index in [-0.39, 0.29) is 143 Å². The summed E-state index contributed by atoms with van der Waals surface area (Å²) in [4.78, 5) is 142. The van der Waals surface area contributed by atoms with Crippen LogP contribution in [-0.2, 0) is 103 Å². The van der Waals surface area contributed by atoms with Crippen LogP contribution in [0, 0.1) is 18.7 Å². The minimum Gasteiger partial charge on any atom is -0.496 e. The van der Waals surface area contributed by atoms with Crippen LogP contribution in [0.2, 0.25) is 5.02 Å². The fourth-order valence-electron chi connectivity index (χ4n) is 15.4. The number of anilines is 1. The molecule has 0 aliphatic carbocycles. The molecule has 0 spiro atoms. The van der Waals surface area contributed by atoms with Crippen molar-refractivity contribution in [2.45, 2.75) is 121 Å². The molecule has 0 bridgehead atoms. The Bertz CT molecular complexity index is 5710. The van der Waals surface area contributed by atoms with Gasteiger partial charge in [0.2, 0.25) is 35.6 Å². The molecule has 6 heterocycles. The number of carboxylic acid groups (broad SMARTS) is 1. The number of aliphatic hydroxyl groups excluding tert-OH is 4. The highest BCUT2D eigenvalue weighted by atomic mass is 35.5. The van der Waals surface area contributed by atoms with E-state index in [1.165, 1.54) is 34.7 Å². The van der Waals surface area contributed by atoms with Crippen LogP contribution < -0.4 is 55.4 Å². The van der Waals surface area contributed by atoms with Gasteiger partial charge >= 0.3 is 28.3 Å². The van der Waals surface area contributed by atoms with Crippen LogP contribution in [0.15, 0.2) is 134 Å². The number of nitrogens with zero attached hydrogens (tertiary/aromatic N) is 8. The first kappa shape index (κ1) is 108. The Balaban J connectivity index is 0.712. The van der Waals surface area contributed by atoms with Gasteiger partial charge in [0, 0.05) is 99.2 Å². The Kier molecular flexibility index (Phi) is 40.9. The highest BCUT2D eigenvalue weighted by Crippen LogP contribution is 2.50. The van der Waals surface area contributed by atoms with E-state index in [4.69, 9.17) is 74.4 Å². The number of quaternary nitrogens is 1. The number of aromatic nitrogens is 4. The van der Waals surface area contributed by atoms with Gasteiger partial charge in [-0.2, -0.15) is 13.1 Å². The number of hydrogen-bond donors (Lipinski definition) is 12. The number of carbonyl (C=O) groups is 9. The van der Waals surface area contributed by atoms with Gasteiger partial charge in [0.1, 0.15) is 97.1 Å². The number of thiophene rings is 1. The van der Waals surface area contributed by atoms with Crippen LogP contribution in [0.5, 0.6) is 23.1 Å². The zero-order valence-electron chi connectivity index (χ0n) is 78.1. The molecule has 8 atom stereocenters. The molecule has 0 radical (unpaired) electrons. The van der Waals surface area contributed by atoms with Crippen LogP contribution in [0.1, 0.15) is 67.5 Å². The summed E-state index contributed by atoms with van der Waals surface area (Å²) >= 11 is 8.62. The Morgan fingerprint density at radius 1 is 0.743 bits per heavy atom. The molecule has 42 nitrogen and oxygen atoms in total. The maximum atomic E-state index is 14.7. The summed E-state index contributed by atoms with van der Waals surface area (Å²) < 4.78 is 107. The van der Waals surface area contributed by atoms with Crippen molar-refractivity contribution in [1.82, 2.24) is 60.0 Å². The quantitative estimate of drug-likeness (QED) is 0.0139. The number of imide groups is 1. The number of urea groups is 1. The number of halogens is 2. The van der Waals surface area contributed by atoms with Crippen LogP contribution in [0.3, 0.4) is 0 Å². The van der Waals surface area contributed by atoms with Gasteiger partial charge in [-0.25, -0.2) is 43.4 Å². The number of fused-ring (bicyclic) bond motifs is 1. The largest absolute Gasteiger partial charge is 0.496 e. The molecule has 3 aliphatic heterocycles. The molecular weight excluding hydrogens is 1890 g/mol. The number of primary amides is 1. The molecule has 3 aliphatic rings. The summed E-state index contributed by atoms with van der Waals surface area (Å²) in [6, 6.07) is 27.8. The summed E-state index contributed by atoms with van der Waals surface area (Å²) in [6.45, 7) is 7.14. The molecule has 0 saturated carbocycles. The first-order chi connectivity index (χ1) is 67.2. The van der Waals surface area contributed by atoms with Crippen LogP contribution >= 0.6 is 22.9 Å². The lowest BCUT2D eigenvalue weighted by atomic mass is 9.96. The molecule has 2 saturated heterocycles. The van der Waals surface area contributed by atoms with Gasteiger partial charge in [-0.05, 0) is 108 Å². The average molecular weight is 2010 g/mol. The fraction of sp³-hybridized carbons (Fsp3) is 0.457.